The first-order chi connectivity index (χ1) is 49.4. The Labute approximate surface area is 659 Å². The molecule has 0 saturated carbocycles. The lowest BCUT2D eigenvalue weighted by molar-refractivity contribution is -0.121. The summed E-state index contributed by atoms with van der Waals surface area (Å²) in [7, 11) is 2.73. The molecule has 24 heteroatoms. The number of carbonyl (C=O) groups excluding carboxylic acids is 8. The Balaban J connectivity index is 0.000000273. The lowest BCUT2D eigenvalue weighted by atomic mass is 9.77. The van der Waals surface area contributed by atoms with Crippen LogP contribution in [0.15, 0.2) is 199 Å². The molecule has 0 aromatic heterocycles. The Kier molecular flexibility index (Phi) is 35.4. The predicted octanol–water partition coefficient (Wildman–Crippen LogP) is 20.9. The molecule has 562 valence electrons. The SMILES string of the molecule is C.CC(C)=CC(=O)Cl.CC(C)=CC(=O)Nc1ccc(Cl)cc1.CC1(C)CC(=O)N(Cc2ccc(C(=O)NO)cc2)c2ccc(Cl)cc21.CC1(C)CC(=O)Nc2ccc(Cl)cc21.COC(=O)c1ccc(CBr)cc1.COC(=O)c1ccc(CN2C(=O)CC(C)(C)c3cc(Cl)ccc32)cc1.Nc1ccc(Cl)cc1. The molecule has 6 N–H and O–H groups in total. The number of ether oxygens (including phenoxy) is 2. The molecule has 3 heterocycles. The van der Waals surface area contributed by atoms with E-state index >= 15 is 0 Å². The van der Waals surface area contributed by atoms with Gasteiger partial charge in [-0.15, -0.1) is 0 Å². The number of nitrogens with one attached hydrogen (secondary N) is 3. The van der Waals surface area contributed by atoms with Gasteiger partial charge >= 0.3 is 11.9 Å². The van der Waals surface area contributed by atoms with Crippen molar-refractivity contribution < 1.29 is 53.0 Å². The quantitative estimate of drug-likeness (QED) is 0.0154. The number of hydrogen-bond acceptors (Lipinski definition) is 12. The molecule has 17 nitrogen and oxygen atoms in total. The molecule has 8 aromatic rings. The number of halogens is 7. The summed E-state index contributed by atoms with van der Waals surface area (Å²) in [6.45, 7) is 20.6. The van der Waals surface area contributed by atoms with Crippen molar-refractivity contribution in [3.05, 3.63) is 274 Å². The van der Waals surface area contributed by atoms with Gasteiger partial charge in [0, 0.05) is 106 Å². The average molecular weight is 1630 g/mol. The van der Waals surface area contributed by atoms with E-state index in [2.05, 4.69) is 59.0 Å². The van der Waals surface area contributed by atoms with Gasteiger partial charge in [0.05, 0.1) is 38.4 Å². The van der Waals surface area contributed by atoms with Gasteiger partial charge < -0.3 is 35.6 Å². The van der Waals surface area contributed by atoms with Crippen molar-refractivity contribution in [2.24, 2.45) is 0 Å². The Hall–Kier alpha value is -8.82. The number of hydroxylamine groups is 1. The summed E-state index contributed by atoms with van der Waals surface area (Å²) in [5.41, 5.74) is 20.0. The Morgan fingerprint density at radius 2 is 0.887 bits per heavy atom. The van der Waals surface area contributed by atoms with Crippen LogP contribution in [-0.4, -0.2) is 66.1 Å². The smallest absolute Gasteiger partial charge is 0.337 e. The van der Waals surface area contributed by atoms with E-state index in [9.17, 15) is 38.4 Å². The first kappa shape index (κ1) is 89.6. The van der Waals surface area contributed by atoms with Crippen molar-refractivity contribution in [1.29, 1.82) is 0 Å². The maximum absolute atomic E-state index is 12.7. The van der Waals surface area contributed by atoms with Gasteiger partial charge in [-0.05, 0) is 218 Å². The fourth-order valence-electron chi connectivity index (χ4n) is 10.8. The molecule has 0 unspecified atom stereocenters. The number of nitrogens with zero attached hydrogens (tertiary/aromatic N) is 2. The van der Waals surface area contributed by atoms with E-state index in [0.717, 1.165) is 83.3 Å². The fraction of sp³-hybridized carbons (Fsp3) is 0.268. The van der Waals surface area contributed by atoms with Gasteiger partial charge in [-0.25, -0.2) is 15.1 Å². The first-order valence-corrected chi connectivity index (χ1v) is 36.1. The van der Waals surface area contributed by atoms with Gasteiger partial charge in [0.15, 0.2) is 0 Å². The summed E-state index contributed by atoms with van der Waals surface area (Å²) in [5, 5.41) is 18.1. The monoisotopic (exact) mass is 1620 g/mol. The van der Waals surface area contributed by atoms with Crippen molar-refractivity contribution in [3.8, 4) is 0 Å². The number of anilines is 5. The van der Waals surface area contributed by atoms with Crippen LogP contribution in [0, 0.1) is 0 Å². The number of fused-ring (bicyclic) bond motifs is 3. The number of nitrogens with two attached hydrogens (primary N) is 1. The fourth-order valence-corrected chi connectivity index (χ4v) is 12.1. The molecule has 0 bridgehead atoms. The summed E-state index contributed by atoms with van der Waals surface area (Å²) in [5.74, 6) is -1.15. The minimum atomic E-state index is -0.567. The standard InChI is InChI=1S/C20H20ClNO3.C19H19ClN2O3.2C11H12ClNO.C9H9BrO2.C6H6ClN.C5H7ClO.CH4/c1-20(2)11-18(23)22(17-9-8-15(21)10-16(17)20)12-13-4-6-14(7-5-13)19(24)25-3;1-19(2)10-17(23)22(16-8-7-14(20)9-15(16)19)11-12-3-5-13(6-4-12)18(24)21-25;1-11(2)6-10(14)13-9-4-3-7(12)5-8(9)11;1-8(2)7-11(14)13-10-5-3-9(12)4-6-10;1-12-9(11)8-4-2-7(6-10)3-5-8;7-5-1-3-6(8)4-2-5;1-4(2)3-5(6)7;/h4-10H,11-12H2,1-3H3;3-9,25H,10-11H2,1-2H3,(H,21,24);3-5H,6H2,1-2H3,(H,13,14);3-7H,1-2H3,(H,13,14);2-5H,6H2,1H3;1-4H,8H2;3H,1-2H3;1H4. The Bertz CT molecular complexity index is 4270. The molecule has 0 radical (unpaired) electrons. The van der Waals surface area contributed by atoms with Gasteiger partial charge in [-0.2, -0.15) is 0 Å². The number of nitrogen functional groups attached to an aromatic ring is 1. The number of benzene rings is 8. The summed E-state index contributed by atoms with van der Waals surface area (Å²) in [6.07, 6.45) is 4.28. The molecule has 0 atom stereocenters. The molecule has 11 rings (SSSR count). The second-order valence-corrected chi connectivity index (χ2v) is 29.8. The molecule has 5 amide bonds. The van der Waals surface area contributed by atoms with Crippen LogP contribution < -0.4 is 31.6 Å². The highest BCUT2D eigenvalue weighted by molar-refractivity contribution is 9.08. The van der Waals surface area contributed by atoms with Crippen LogP contribution in [0.4, 0.5) is 28.4 Å². The maximum atomic E-state index is 12.7. The minimum Gasteiger partial charge on any atom is -0.465 e. The molecule has 0 fully saturated rings. The summed E-state index contributed by atoms with van der Waals surface area (Å²) < 4.78 is 9.27. The third kappa shape index (κ3) is 28.1. The summed E-state index contributed by atoms with van der Waals surface area (Å²) in [4.78, 5) is 95.4. The van der Waals surface area contributed by atoms with Crippen LogP contribution in [0.3, 0.4) is 0 Å². The third-order valence-corrected chi connectivity index (χ3v) is 18.0. The predicted molar refractivity (Wildman–Crippen MR) is 435 cm³/mol. The van der Waals surface area contributed by atoms with E-state index in [1.54, 1.807) is 131 Å². The van der Waals surface area contributed by atoms with E-state index in [4.69, 9.17) is 85.3 Å². The minimum absolute atomic E-state index is 0. The number of methoxy groups -OCH3 is 2. The van der Waals surface area contributed by atoms with Crippen molar-refractivity contribution in [1.82, 2.24) is 5.48 Å². The van der Waals surface area contributed by atoms with Crippen LogP contribution in [0.5, 0.6) is 0 Å². The van der Waals surface area contributed by atoms with Gasteiger partial charge in [0.25, 0.3) is 5.91 Å². The van der Waals surface area contributed by atoms with Crippen LogP contribution in [0.2, 0.25) is 25.1 Å². The number of allylic oxidation sites excluding steroid dienone is 3. The molecule has 0 saturated heterocycles. The maximum Gasteiger partial charge on any atom is 0.337 e. The molecule has 8 aromatic carbocycles. The second kappa shape index (κ2) is 41.9. The van der Waals surface area contributed by atoms with Gasteiger partial charge in [-0.1, -0.05) is 170 Å². The highest BCUT2D eigenvalue weighted by Gasteiger charge is 2.38. The van der Waals surface area contributed by atoms with E-state index in [1.807, 2.05) is 108 Å². The molecular formula is C82H89BrCl6N6O11. The van der Waals surface area contributed by atoms with E-state index in [-0.39, 0.29) is 59.2 Å². The van der Waals surface area contributed by atoms with E-state index in [1.165, 1.54) is 20.3 Å². The van der Waals surface area contributed by atoms with Gasteiger partial charge in [-0.3, -0.25) is 34.0 Å². The molecule has 3 aliphatic heterocycles. The zero-order valence-corrected chi connectivity index (χ0v) is 66.4. The number of carbonyl (C=O) groups is 8. The van der Waals surface area contributed by atoms with Crippen LogP contribution >= 0.6 is 85.5 Å². The molecule has 3 aliphatic rings. The zero-order valence-electron chi connectivity index (χ0n) is 60.3. The van der Waals surface area contributed by atoms with Gasteiger partial charge in [0.2, 0.25) is 28.9 Å². The largest absolute Gasteiger partial charge is 0.465 e. The lowest BCUT2D eigenvalue weighted by Crippen LogP contribution is -2.41. The highest BCUT2D eigenvalue weighted by atomic mass is 79.9. The highest BCUT2D eigenvalue weighted by Crippen LogP contribution is 2.44. The number of hydrogen-bond donors (Lipinski definition) is 5. The average Bonchev–Trinajstić information content (AvgIpc) is 0.767. The van der Waals surface area contributed by atoms with Crippen molar-refractivity contribution in [2.75, 3.05) is 40.4 Å². The van der Waals surface area contributed by atoms with Crippen molar-refractivity contribution in [2.45, 2.75) is 131 Å². The second-order valence-electron chi connectivity index (χ2n) is 26.6. The van der Waals surface area contributed by atoms with Crippen molar-refractivity contribution >= 4 is 161 Å². The number of esters is 2. The topological polar surface area (TPSA) is 244 Å². The summed E-state index contributed by atoms with van der Waals surface area (Å²) >= 11 is 37.8. The van der Waals surface area contributed by atoms with Crippen LogP contribution in [0.25, 0.3) is 0 Å². The number of alkyl halides is 1. The first-order valence-electron chi connectivity index (χ1n) is 32.7. The van der Waals surface area contributed by atoms with E-state index < -0.39 is 11.1 Å². The Morgan fingerprint density at radius 3 is 1.25 bits per heavy atom. The van der Waals surface area contributed by atoms with Crippen LogP contribution in [-0.2, 0) is 68.1 Å². The van der Waals surface area contributed by atoms with Crippen molar-refractivity contribution in [3.63, 3.8) is 0 Å². The number of rotatable bonds is 11. The zero-order chi connectivity index (χ0) is 78.1. The van der Waals surface area contributed by atoms with E-state index in [0.29, 0.717) is 69.1 Å². The molecule has 0 spiro atoms. The number of amides is 5. The Morgan fingerprint density at radius 1 is 0.519 bits per heavy atom. The molecule has 0 aliphatic carbocycles. The molecular weight excluding hydrogens is 1540 g/mol. The molecule has 106 heavy (non-hydrogen) atoms. The van der Waals surface area contributed by atoms with Crippen LogP contribution in [0.1, 0.15) is 160 Å². The normalized spacial score (nSPS) is 13.4. The summed E-state index contributed by atoms with van der Waals surface area (Å²) in [6, 6.07) is 52.0. The third-order valence-electron chi connectivity index (χ3n) is 16.0. The lowest BCUT2D eigenvalue weighted by Gasteiger charge is -2.38. The van der Waals surface area contributed by atoms with Gasteiger partial charge in [0.1, 0.15) is 0 Å².